The van der Waals surface area contributed by atoms with Crippen LogP contribution >= 0.6 is 0 Å². The molecule has 0 radical (unpaired) electrons. The molecule has 110 valence electrons. The number of carbonyl (C=O) groups excluding carboxylic acids is 1. The third kappa shape index (κ3) is 3.03. The predicted molar refractivity (Wildman–Crippen MR) is 75.3 cm³/mol. The van der Waals surface area contributed by atoms with Crippen molar-refractivity contribution in [2.24, 2.45) is 0 Å². The van der Waals surface area contributed by atoms with Crippen molar-refractivity contribution in [1.82, 2.24) is 15.3 Å². The topological polar surface area (TPSA) is 58.2 Å². The molecule has 5 nitrogen and oxygen atoms in total. The lowest BCUT2D eigenvalue weighted by Crippen LogP contribution is -2.31. The zero-order valence-electron chi connectivity index (χ0n) is 11.9. The zero-order chi connectivity index (χ0) is 13.8. The number of aromatic amines is 1. The smallest absolute Gasteiger partial charge is 0.281 e. The van der Waals surface area contributed by atoms with Crippen LogP contribution < -0.4 is 0 Å². The van der Waals surface area contributed by atoms with E-state index in [1.807, 2.05) is 6.07 Å². The van der Waals surface area contributed by atoms with E-state index in [1.54, 1.807) is 0 Å². The van der Waals surface area contributed by atoms with E-state index in [4.69, 9.17) is 4.84 Å². The van der Waals surface area contributed by atoms with Gasteiger partial charge in [-0.2, -0.15) is 5.10 Å². The highest BCUT2D eigenvalue weighted by Gasteiger charge is 2.23. The van der Waals surface area contributed by atoms with Crippen molar-refractivity contribution in [3.05, 3.63) is 17.5 Å². The summed E-state index contributed by atoms with van der Waals surface area (Å²) in [5, 5.41) is 8.74. The average molecular weight is 277 g/mol. The standard InChI is InChI=1S/C15H23N3O2/c19-15(18-9-5-2-6-10-20-18)14-11-13(16-17-14)12-7-3-1-4-8-12/h11-12H,1-10H2,(H,16,17). The number of hydrogen-bond donors (Lipinski definition) is 1. The Hall–Kier alpha value is -1.36. The number of nitrogens with one attached hydrogen (secondary N) is 1. The summed E-state index contributed by atoms with van der Waals surface area (Å²) in [6.07, 6.45) is 9.45. The van der Waals surface area contributed by atoms with Gasteiger partial charge in [-0.05, 0) is 38.2 Å². The van der Waals surface area contributed by atoms with Crippen molar-refractivity contribution >= 4 is 5.91 Å². The Labute approximate surface area is 119 Å². The first-order chi connectivity index (χ1) is 9.84. The largest absolute Gasteiger partial charge is 0.297 e. The molecule has 1 aromatic rings. The Balaban J connectivity index is 1.67. The Morgan fingerprint density at radius 3 is 2.85 bits per heavy atom. The minimum Gasteiger partial charge on any atom is -0.281 e. The second kappa shape index (κ2) is 6.39. The molecule has 1 N–H and O–H groups in total. The number of hydrogen-bond acceptors (Lipinski definition) is 3. The van der Waals surface area contributed by atoms with Crippen LogP contribution in [0.1, 0.15) is 73.5 Å². The van der Waals surface area contributed by atoms with E-state index in [0.29, 0.717) is 24.8 Å². The molecule has 20 heavy (non-hydrogen) atoms. The Morgan fingerprint density at radius 1 is 1.20 bits per heavy atom. The van der Waals surface area contributed by atoms with E-state index in [-0.39, 0.29) is 5.91 Å². The van der Waals surface area contributed by atoms with E-state index in [1.165, 1.54) is 37.2 Å². The summed E-state index contributed by atoms with van der Waals surface area (Å²) in [5.74, 6) is 0.438. The molecular formula is C15H23N3O2. The van der Waals surface area contributed by atoms with Gasteiger partial charge in [-0.3, -0.25) is 14.7 Å². The van der Waals surface area contributed by atoms with Crippen LogP contribution in [0.2, 0.25) is 0 Å². The van der Waals surface area contributed by atoms with Gasteiger partial charge in [-0.25, -0.2) is 5.06 Å². The summed E-state index contributed by atoms with van der Waals surface area (Å²) in [7, 11) is 0. The molecule has 1 saturated carbocycles. The SMILES string of the molecule is O=C(c1cc(C2CCCCC2)[nH]n1)N1CCCCCO1. The maximum Gasteiger partial charge on any atom is 0.297 e. The molecule has 0 spiro atoms. The summed E-state index contributed by atoms with van der Waals surface area (Å²) >= 11 is 0. The highest BCUT2D eigenvalue weighted by molar-refractivity contribution is 5.91. The molecule has 2 fully saturated rings. The molecule has 0 atom stereocenters. The fourth-order valence-corrected chi connectivity index (χ4v) is 3.13. The van der Waals surface area contributed by atoms with Crippen molar-refractivity contribution in [3.63, 3.8) is 0 Å². The zero-order valence-corrected chi connectivity index (χ0v) is 11.9. The third-order valence-electron chi connectivity index (χ3n) is 4.34. The summed E-state index contributed by atoms with van der Waals surface area (Å²) < 4.78 is 0. The summed E-state index contributed by atoms with van der Waals surface area (Å²) in [6.45, 7) is 1.30. The molecule has 2 heterocycles. The minimum atomic E-state index is -0.106. The summed E-state index contributed by atoms with van der Waals surface area (Å²) in [6, 6.07) is 1.92. The molecule has 1 amide bonds. The van der Waals surface area contributed by atoms with Gasteiger partial charge in [0.2, 0.25) is 0 Å². The predicted octanol–water partition coefficient (Wildman–Crippen LogP) is 3.02. The number of hydroxylamine groups is 2. The van der Waals surface area contributed by atoms with Crippen molar-refractivity contribution < 1.29 is 9.63 Å². The van der Waals surface area contributed by atoms with Gasteiger partial charge in [0.05, 0.1) is 6.61 Å². The first-order valence-corrected chi connectivity index (χ1v) is 7.84. The van der Waals surface area contributed by atoms with Gasteiger partial charge in [-0.15, -0.1) is 0 Å². The van der Waals surface area contributed by atoms with Crippen molar-refractivity contribution in [1.29, 1.82) is 0 Å². The first kappa shape index (κ1) is 13.6. The van der Waals surface area contributed by atoms with Gasteiger partial charge in [0.15, 0.2) is 5.69 Å². The van der Waals surface area contributed by atoms with Crippen LogP contribution in [0.15, 0.2) is 6.07 Å². The summed E-state index contributed by atoms with van der Waals surface area (Å²) in [5.41, 5.74) is 1.61. The molecule has 1 aliphatic heterocycles. The van der Waals surface area contributed by atoms with Crippen LogP contribution in [0.4, 0.5) is 0 Å². The fourth-order valence-electron chi connectivity index (χ4n) is 3.13. The van der Waals surface area contributed by atoms with Gasteiger partial charge in [-0.1, -0.05) is 19.3 Å². The molecule has 0 aromatic carbocycles. The van der Waals surface area contributed by atoms with E-state index < -0.39 is 0 Å². The molecule has 0 unspecified atom stereocenters. The molecule has 2 aliphatic rings. The van der Waals surface area contributed by atoms with Crippen molar-refractivity contribution in [2.75, 3.05) is 13.2 Å². The highest BCUT2D eigenvalue weighted by atomic mass is 16.7. The Kier molecular flexibility index (Phi) is 4.35. The van der Waals surface area contributed by atoms with Crippen LogP contribution in [0.25, 0.3) is 0 Å². The monoisotopic (exact) mass is 277 g/mol. The van der Waals surface area contributed by atoms with Crippen LogP contribution in [-0.4, -0.2) is 34.3 Å². The second-order valence-electron chi connectivity index (χ2n) is 5.84. The average Bonchev–Trinajstić information content (AvgIpc) is 2.83. The lowest BCUT2D eigenvalue weighted by atomic mass is 9.87. The van der Waals surface area contributed by atoms with Crippen LogP contribution in [0.5, 0.6) is 0 Å². The van der Waals surface area contributed by atoms with Crippen molar-refractivity contribution in [2.45, 2.75) is 57.3 Å². The molecule has 1 aromatic heterocycles. The quantitative estimate of drug-likeness (QED) is 0.904. The number of carbonyl (C=O) groups is 1. The van der Waals surface area contributed by atoms with E-state index >= 15 is 0 Å². The molecular weight excluding hydrogens is 254 g/mol. The highest BCUT2D eigenvalue weighted by Crippen LogP contribution is 2.31. The van der Waals surface area contributed by atoms with E-state index in [2.05, 4.69) is 10.2 Å². The molecule has 1 saturated heterocycles. The van der Waals surface area contributed by atoms with E-state index in [9.17, 15) is 4.79 Å². The van der Waals surface area contributed by atoms with Crippen LogP contribution in [-0.2, 0) is 4.84 Å². The minimum absolute atomic E-state index is 0.106. The molecule has 3 rings (SSSR count). The Morgan fingerprint density at radius 2 is 2.00 bits per heavy atom. The van der Waals surface area contributed by atoms with Gasteiger partial charge in [0.1, 0.15) is 0 Å². The van der Waals surface area contributed by atoms with Gasteiger partial charge in [0, 0.05) is 18.2 Å². The number of aromatic nitrogens is 2. The summed E-state index contributed by atoms with van der Waals surface area (Å²) in [4.78, 5) is 17.9. The Bertz CT molecular complexity index is 444. The fraction of sp³-hybridized carbons (Fsp3) is 0.733. The van der Waals surface area contributed by atoms with Gasteiger partial charge >= 0.3 is 0 Å². The van der Waals surface area contributed by atoms with E-state index in [0.717, 1.165) is 25.0 Å². The first-order valence-electron chi connectivity index (χ1n) is 7.84. The van der Waals surface area contributed by atoms with Crippen LogP contribution in [0, 0.1) is 0 Å². The second-order valence-corrected chi connectivity index (χ2v) is 5.84. The lowest BCUT2D eigenvalue weighted by molar-refractivity contribution is -0.116. The number of rotatable bonds is 2. The molecule has 5 heteroatoms. The molecule has 1 aliphatic carbocycles. The van der Waals surface area contributed by atoms with Crippen LogP contribution in [0.3, 0.4) is 0 Å². The number of amides is 1. The third-order valence-corrected chi connectivity index (χ3v) is 4.34. The lowest BCUT2D eigenvalue weighted by Gasteiger charge is -2.19. The number of nitrogens with zero attached hydrogens (tertiary/aromatic N) is 2. The maximum atomic E-state index is 12.4. The number of H-pyrrole nitrogens is 1. The van der Waals surface area contributed by atoms with Crippen molar-refractivity contribution in [3.8, 4) is 0 Å². The van der Waals surface area contributed by atoms with Gasteiger partial charge < -0.3 is 0 Å². The van der Waals surface area contributed by atoms with Gasteiger partial charge in [0.25, 0.3) is 5.91 Å². The normalized spacial score (nSPS) is 21.7. The molecule has 0 bridgehead atoms. The maximum absolute atomic E-state index is 12.4.